The van der Waals surface area contributed by atoms with Gasteiger partial charge >= 0.3 is 0 Å². The third kappa shape index (κ3) is 4.20. The Morgan fingerprint density at radius 3 is 2.47 bits per heavy atom. The van der Waals surface area contributed by atoms with Crippen molar-refractivity contribution in [1.82, 2.24) is 4.90 Å². The van der Waals surface area contributed by atoms with Crippen molar-refractivity contribution in [1.29, 1.82) is 0 Å². The van der Waals surface area contributed by atoms with Crippen molar-refractivity contribution in [3.8, 4) is 0 Å². The Morgan fingerprint density at radius 2 is 2.00 bits per heavy atom. The molecule has 0 bridgehead atoms. The Labute approximate surface area is 106 Å². The van der Waals surface area contributed by atoms with Gasteiger partial charge in [-0.25, -0.2) is 0 Å². The number of piperidine rings is 1. The van der Waals surface area contributed by atoms with E-state index in [0.717, 1.165) is 5.75 Å². The highest BCUT2D eigenvalue weighted by Crippen LogP contribution is 2.17. The van der Waals surface area contributed by atoms with Crippen LogP contribution in [0.4, 0.5) is 0 Å². The number of primary amides is 1. The molecule has 5 nitrogen and oxygen atoms in total. The van der Waals surface area contributed by atoms with Crippen molar-refractivity contribution < 1.29 is 9.59 Å². The van der Waals surface area contributed by atoms with Crippen molar-refractivity contribution in [2.75, 3.05) is 25.1 Å². The summed E-state index contributed by atoms with van der Waals surface area (Å²) in [4.78, 5) is 24.7. The number of nitrogens with two attached hydrogens (primary N) is 2. The van der Waals surface area contributed by atoms with E-state index in [9.17, 15) is 9.59 Å². The van der Waals surface area contributed by atoms with Crippen LogP contribution in [0, 0.1) is 5.92 Å². The highest BCUT2D eigenvalue weighted by atomic mass is 32.2. The van der Waals surface area contributed by atoms with Crippen LogP contribution >= 0.6 is 11.8 Å². The maximum Gasteiger partial charge on any atom is 0.239 e. The van der Waals surface area contributed by atoms with E-state index in [2.05, 4.69) is 0 Å². The molecule has 0 spiro atoms. The first kappa shape index (κ1) is 14.3. The monoisotopic (exact) mass is 259 g/mol. The van der Waals surface area contributed by atoms with Gasteiger partial charge in [-0.2, -0.15) is 11.8 Å². The molecule has 1 atom stereocenters. The van der Waals surface area contributed by atoms with Crippen LogP contribution in [0.2, 0.25) is 0 Å². The number of carbonyl (C=O) groups excluding carboxylic acids is 2. The fourth-order valence-corrected chi connectivity index (χ4v) is 2.48. The molecule has 0 saturated carbocycles. The van der Waals surface area contributed by atoms with Crippen LogP contribution < -0.4 is 11.5 Å². The molecule has 0 aromatic rings. The van der Waals surface area contributed by atoms with E-state index in [-0.39, 0.29) is 17.7 Å². The minimum Gasteiger partial charge on any atom is -0.369 e. The van der Waals surface area contributed by atoms with Gasteiger partial charge in [0.1, 0.15) is 0 Å². The number of hydrogen-bond donors (Lipinski definition) is 2. The standard InChI is InChI=1S/C11H21N3O2S/c1-17-7-4-9(12)11(16)14-5-2-8(3-6-14)10(13)15/h8-9H,2-7,12H2,1H3,(H2,13,15)/t9-/m0/s1. The SMILES string of the molecule is CSCC[C@H](N)C(=O)N1CCC(C(N)=O)CC1. The molecule has 0 aromatic heterocycles. The van der Waals surface area contributed by atoms with Gasteiger partial charge in [-0.05, 0) is 31.3 Å². The zero-order valence-electron chi connectivity index (χ0n) is 10.2. The molecule has 2 amide bonds. The van der Waals surface area contributed by atoms with Gasteiger partial charge in [0, 0.05) is 19.0 Å². The van der Waals surface area contributed by atoms with E-state index >= 15 is 0 Å². The smallest absolute Gasteiger partial charge is 0.239 e. The fourth-order valence-electron chi connectivity index (χ4n) is 1.99. The van der Waals surface area contributed by atoms with Crippen LogP contribution in [0.5, 0.6) is 0 Å². The summed E-state index contributed by atoms with van der Waals surface area (Å²) < 4.78 is 0. The van der Waals surface area contributed by atoms with Gasteiger partial charge in [0.2, 0.25) is 11.8 Å². The molecule has 1 fully saturated rings. The first-order valence-corrected chi connectivity index (χ1v) is 7.28. The first-order chi connectivity index (χ1) is 8.06. The summed E-state index contributed by atoms with van der Waals surface area (Å²) in [7, 11) is 0. The van der Waals surface area contributed by atoms with Crippen molar-refractivity contribution in [2.45, 2.75) is 25.3 Å². The lowest BCUT2D eigenvalue weighted by Crippen LogP contribution is -2.48. The van der Waals surface area contributed by atoms with Crippen LogP contribution in [0.1, 0.15) is 19.3 Å². The van der Waals surface area contributed by atoms with Gasteiger partial charge in [-0.3, -0.25) is 9.59 Å². The molecule has 1 rings (SSSR count). The van der Waals surface area contributed by atoms with Crippen molar-refractivity contribution in [3.63, 3.8) is 0 Å². The van der Waals surface area contributed by atoms with Crippen LogP contribution in [0.3, 0.4) is 0 Å². The van der Waals surface area contributed by atoms with E-state index in [1.165, 1.54) is 0 Å². The second kappa shape index (κ2) is 6.86. The van der Waals surface area contributed by atoms with Gasteiger partial charge < -0.3 is 16.4 Å². The highest BCUT2D eigenvalue weighted by molar-refractivity contribution is 7.98. The lowest BCUT2D eigenvalue weighted by atomic mass is 9.96. The number of hydrogen-bond acceptors (Lipinski definition) is 4. The largest absolute Gasteiger partial charge is 0.369 e. The molecule has 6 heteroatoms. The van der Waals surface area contributed by atoms with Crippen LogP contribution in [-0.4, -0.2) is 47.9 Å². The first-order valence-electron chi connectivity index (χ1n) is 5.89. The highest BCUT2D eigenvalue weighted by Gasteiger charge is 2.28. The number of rotatable bonds is 5. The quantitative estimate of drug-likeness (QED) is 0.715. The Hall–Kier alpha value is -0.750. The number of nitrogens with zero attached hydrogens (tertiary/aromatic N) is 1. The molecule has 1 saturated heterocycles. The molecule has 98 valence electrons. The molecular formula is C11H21N3O2S. The maximum atomic E-state index is 12.0. The van der Waals surface area contributed by atoms with E-state index in [1.54, 1.807) is 16.7 Å². The summed E-state index contributed by atoms with van der Waals surface area (Å²) in [6, 6.07) is -0.410. The van der Waals surface area contributed by atoms with E-state index in [0.29, 0.717) is 32.4 Å². The summed E-state index contributed by atoms with van der Waals surface area (Å²) in [6.45, 7) is 1.19. The van der Waals surface area contributed by atoms with Crippen molar-refractivity contribution in [2.24, 2.45) is 17.4 Å². The van der Waals surface area contributed by atoms with E-state index in [1.807, 2.05) is 6.26 Å². The van der Waals surface area contributed by atoms with Gasteiger partial charge in [-0.15, -0.1) is 0 Å². The van der Waals surface area contributed by atoms with Gasteiger partial charge in [-0.1, -0.05) is 0 Å². The number of carbonyl (C=O) groups is 2. The second-order valence-electron chi connectivity index (χ2n) is 4.39. The summed E-state index contributed by atoms with van der Waals surface area (Å²) in [5.74, 6) is 0.553. The zero-order chi connectivity index (χ0) is 12.8. The third-order valence-electron chi connectivity index (χ3n) is 3.16. The number of likely N-dealkylation sites (tertiary alicyclic amines) is 1. The summed E-state index contributed by atoms with van der Waals surface area (Å²) >= 11 is 1.69. The second-order valence-corrected chi connectivity index (χ2v) is 5.38. The number of thioether (sulfide) groups is 1. The Morgan fingerprint density at radius 1 is 1.41 bits per heavy atom. The minimum absolute atomic E-state index is 0.00182. The topological polar surface area (TPSA) is 89.4 Å². The van der Waals surface area contributed by atoms with Crippen LogP contribution in [0.25, 0.3) is 0 Å². The molecule has 4 N–H and O–H groups in total. The Balaban J connectivity index is 2.37. The van der Waals surface area contributed by atoms with Gasteiger partial charge in [0.05, 0.1) is 6.04 Å². The third-order valence-corrected chi connectivity index (χ3v) is 3.80. The lowest BCUT2D eigenvalue weighted by molar-refractivity contribution is -0.136. The molecule has 0 aliphatic carbocycles. The lowest BCUT2D eigenvalue weighted by Gasteiger charge is -2.32. The molecule has 0 unspecified atom stereocenters. The Bertz CT molecular complexity index is 278. The normalized spacial score (nSPS) is 19.1. The van der Waals surface area contributed by atoms with Gasteiger partial charge in [0.25, 0.3) is 0 Å². The molecule has 0 radical (unpaired) electrons. The summed E-state index contributed by atoms with van der Waals surface area (Å²) in [5, 5.41) is 0. The van der Waals surface area contributed by atoms with Crippen molar-refractivity contribution >= 4 is 23.6 Å². The summed E-state index contributed by atoms with van der Waals surface area (Å²) in [5.41, 5.74) is 11.1. The summed E-state index contributed by atoms with van der Waals surface area (Å²) in [6.07, 6.45) is 4.03. The molecule has 1 aliphatic heterocycles. The van der Waals surface area contributed by atoms with Crippen LogP contribution in [-0.2, 0) is 9.59 Å². The van der Waals surface area contributed by atoms with E-state index < -0.39 is 6.04 Å². The zero-order valence-corrected chi connectivity index (χ0v) is 11.0. The molecule has 1 heterocycles. The average Bonchev–Trinajstić information content (AvgIpc) is 2.35. The fraction of sp³-hybridized carbons (Fsp3) is 0.818. The molecule has 17 heavy (non-hydrogen) atoms. The van der Waals surface area contributed by atoms with Crippen molar-refractivity contribution in [3.05, 3.63) is 0 Å². The molecule has 0 aromatic carbocycles. The van der Waals surface area contributed by atoms with Gasteiger partial charge in [0.15, 0.2) is 0 Å². The van der Waals surface area contributed by atoms with Crippen LogP contribution in [0.15, 0.2) is 0 Å². The predicted molar refractivity (Wildman–Crippen MR) is 69.5 cm³/mol. The predicted octanol–water partition coefficient (Wildman–Crippen LogP) is -0.209. The Kier molecular flexibility index (Phi) is 5.77. The maximum absolute atomic E-state index is 12.0. The average molecular weight is 259 g/mol. The molecule has 1 aliphatic rings. The number of amides is 2. The van der Waals surface area contributed by atoms with E-state index in [4.69, 9.17) is 11.5 Å². The molecular weight excluding hydrogens is 238 g/mol. The minimum atomic E-state index is -0.410.